The Balaban J connectivity index is 2.44. The second kappa shape index (κ2) is 6.14. The Morgan fingerprint density at radius 1 is 1.53 bits per heavy atom. The van der Waals surface area contributed by atoms with E-state index in [0.29, 0.717) is 17.5 Å². The first-order valence-corrected chi connectivity index (χ1v) is 4.91. The van der Waals surface area contributed by atoms with Gasteiger partial charge in [-0.3, -0.25) is 4.79 Å². The van der Waals surface area contributed by atoms with Crippen LogP contribution in [0.1, 0.15) is 19.0 Å². The monoisotopic (exact) mass is 226 g/mol. The Morgan fingerprint density at radius 3 is 2.93 bits per heavy atom. The molecule has 1 rings (SSSR count). The molecule has 15 heavy (non-hydrogen) atoms. The molecule has 4 nitrogen and oxygen atoms in total. The Morgan fingerprint density at radius 2 is 2.33 bits per heavy atom. The first-order valence-electron chi connectivity index (χ1n) is 4.53. The SMILES string of the molecule is CCOC(=O)CC=Cc1ccc(Cl)nn1. The molecule has 0 aliphatic carbocycles. The van der Waals surface area contributed by atoms with Gasteiger partial charge in [-0.15, -0.1) is 10.2 Å². The van der Waals surface area contributed by atoms with Gasteiger partial charge in [-0.1, -0.05) is 17.7 Å². The first-order chi connectivity index (χ1) is 7.22. The van der Waals surface area contributed by atoms with Gasteiger partial charge in [-0.05, 0) is 25.1 Å². The minimum Gasteiger partial charge on any atom is -0.466 e. The predicted molar refractivity (Wildman–Crippen MR) is 57.3 cm³/mol. The molecule has 0 N–H and O–H groups in total. The maximum absolute atomic E-state index is 11.0. The average molecular weight is 227 g/mol. The molecule has 0 aliphatic heterocycles. The molecule has 0 aliphatic rings. The summed E-state index contributed by atoms with van der Waals surface area (Å²) in [4.78, 5) is 11.0. The van der Waals surface area contributed by atoms with Crippen molar-refractivity contribution in [2.45, 2.75) is 13.3 Å². The van der Waals surface area contributed by atoms with Crippen molar-refractivity contribution in [1.82, 2.24) is 10.2 Å². The van der Waals surface area contributed by atoms with Crippen LogP contribution in [0.25, 0.3) is 6.08 Å². The van der Waals surface area contributed by atoms with Crippen LogP contribution in [-0.2, 0) is 9.53 Å². The number of halogens is 1. The highest BCUT2D eigenvalue weighted by atomic mass is 35.5. The van der Waals surface area contributed by atoms with Crippen LogP contribution in [0, 0.1) is 0 Å². The molecule has 0 atom stereocenters. The van der Waals surface area contributed by atoms with Gasteiger partial charge in [-0.2, -0.15) is 0 Å². The number of carbonyl (C=O) groups is 1. The van der Waals surface area contributed by atoms with E-state index in [-0.39, 0.29) is 12.4 Å². The molecule has 0 unspecified atom stereocenters. The summed E-state index contributed by atoms with van der Waals surface area (Å²) in [6, 6.07) is 3.36. The zero-order valence-corrected chi connectivity index (χ0v) is 9.07. The highest BCUT2D eigenvalue weighted by Gasteiger charge is 1.96. The number of hydrogen-bond acceptors (Lipinski definition) is 4. The third kappa shape index (κ3) is 4.56. The molecule has 0 aromatic carbocycles. The minimum atomic E-state index is -0.254. The molecule has 5 heteroatoms. The molecule has 80 valence electrons. The van der Waals surface area contributed by atoms with Gasteiger partial charge in [0.25, 0.3) is 0 Å². The fourth-order valence-corrected chi connectivity index (χ4v) is 1.01. The highest BCUT2D eigenvalue weighted by Crippen LogP contribution is 2.04. The second-order valence-corrected chi connectivity index (χ2v) is 3.08. The predicted octanol–water partition coefficient (Wildman–Crippen LogP) is 2.10. The lowest BCUT2D eigenvalue weighted by molar-refractivity contribution is -0.142. The van der Waals surface area contributed by atoms with Crippen molar-refractivity contribution in [3.8, 4) is 0 Å². The van der Waals surface area contributed by atoms with E-state index in [2.05, 4.69) is 10.2 Å². The van der Waals surface area contributed by atoms with Crippen LogP contribution in [0.2, 0.25) is 5.15 Å². The largest absolute Gasteiger partial charge is 0.466 e. The summed E-state index contributed by atoms with van der Waals surface area (Å²) in [5.74, 6) is -0.254. The number of rotatable bonds is 4. The number of esters is 1. The first kappa shape index (κ1) is 11.7. The van der Waals surface area contributed by atoms with Gasteiger partial charge in [0.05, 0.1) is 18.7 Å². The lowest BCUT2D eigenvalue weighted by Crippen LogP contribution is -2.01. The van der Waals surface area contributed by atoms with E-state index in [1.54, 1.807) is 31.2 Å². The van der Waals surface area contributed by atoms with Crippen molar-refractivity contribution >= 4 is 23.6 Å². The van der Waals surface area contributed by atoms with Gasteiger partial charge in [0, 0.05) is 0 Å². The maximum Gasteiger partial charge on any atom is 0.309 e. The molecule has 0 fully saturated rings. The lowest BCUT2D eigenvalue weighted by atomic mass is 10.3. The van der Waals surface area contributed by atoms with Crippen LogP contribution in [0.15, 0.2) is 18.2 Å². The van der Waals surface area contributed by atoms with E-state index in [1.165, 1.54) is 0 Å². The second-order valence-electron chi connectivity index (χ2n) is 2.69. The number of carbonyl (C=O) groups excluding carboxylic acids is 1. The molecular weight excluding hydrogens is 216 g/mol. The lowest BCUT2D eigenvalue weighted by Gasteiger charge is -1.96. The number of aromatic nitrogens is 2. The van der Waals surface area contributed by atoms with E-state index in [4.69, 9.17) is 16.3 Å². The summed E-state index contributed by atoms with van der Waals surface area (Å²) < 4.78 is 4.75. The molecule has 0 saturated heterocycles. The fraction of sp³-hybridized carbons (Fsp3) is 0.300. The summed E-state index contributed by atoms with van der Waals surface area (Å²) in [6.45, 7) is 2.17. The van der Waals surface area contributed by atoms with Crippen LogP contribution < -0.4 is 0 Å². The zero-order chi connectivity index (χ0) is 11.1. The third-order valence-corrected chi connectivity index (χ3v) is 1.73. The normalized spacial score (nSPS) is 10.5. The van der Waals surface area contributed by atoms with E-state index in [1.807, 2.05) is 0 Å². The standard InChI is InChI=1S/C10H11ClN2O2/c1-2-15-10(14)5-3-4-8-6-7-9(11)13-12-8/h3-4,6-7H,2,5H2,1H3. The van der Waals surface area contributed by atoms with Gasteiger partial charge in [-0.25, -0.2) is 0 Å². The highest BCUT2D eigenvalue weighted by molar-refractivity contribution is 6.29. The van der Waals surface area contributed by atoms with Crippen LogP contribution in [0.4, 0.5) is 0 Å². The van der Waals surface area contributed by atoms with Crippen molar-refractivity contribution < 1.29 is 9.53 Å². The Labute approximate surface area is 92.9 Å². The summed E-state index contributed by atoms with van der Waals surface area (Å²) in [7, 11) is 0. The number of hydrogen-bond donors (Lipinski definition) is 0. The van der Waals surface area contributed by atoms with Gasteiger partial charge in [0.2, 0.25) is 0 Å². The Bertz CT molecular complexity index is 349. The summed E-state index contributed by atoms with van der Waals surface area (Å²) >= 11 is 5.57. The Hall–Kier alpha value is -1.42. The molecule has 0 radical (unpaired) electrons. The maximum atomic E-state index is 11.0. The number of nitrogens with zero attached hydrogens (tertiary/aromatic N) is 2. The fourth-order valence-electron chi connectivity index (χ4n) is 0.911. The van der Waals surface area contributed by atoms with Crippen LogP contribution in [0.3, 0.4) is 0 Å². The summed E-state index contributed by atoms with van der Waals surface area (Å²) in [5, 5.41) is 7.81. The van der Waals surface area contributed by atoms with E-state index in [0.717, 1.165) is 0 Å². The molecule has 0 saturated carbocycles. The van der Waals surface area contributed by atoms with Crippen molar-refractivity contribution in [3.05, 3.63) is 29.1 Å². The van der Waals surface area contributed by atoms with E-state index >= 15 is 0 Å². The quantitative estimate of drug-likeness (QED) is 0.738. The van der Waals surface area contributed by atoms with Gasteiger partial charge in [0.1, 0.15) is 0 Å². The molecule has 0 bridgehead atoms. The molecule has 0 spiro atoms. The molecular formula is C10H11ClN2O2. The Kier molecular flexibility index (Phi) is 4.77. The van der Waals surface area contributed by atoms with Crippen LogP contribution >= 0.6 is 11.6 Å². The molecule has 1 aromatic rings. The van der Waals surface area contributed by atoms with Crippen LogP contribution in [-0.4, -0.2) is 22.8 Å². The minimum absolute atomic E-state index is 0.234. The van der Waals surface area contributed by atoms with Crippen LogP contribution in [0.5, 0.6) is 0 Å². The van der Waals surface area contributed by atoms with Crippen molar-refractivity contribution in [2.24, 2.45) is 0 Å². The van der Waals surface area contributed by atoms with Crippen molar-refractivity contribution in [3.63, 3.8) is 0 Å². The van der Waals surface area contributed by atoms with Crippen molar-refractivity contribution in [2.75, 3.05) is 6.61 Å². The van der Waals surface area contributed by atoms with E-state index in [9.17, 15) is 4.79 Å². The molecule has 1 aromatic heterocycles. The summed E-state index contributed by atoms with van der Waals surface area (Å²) in [6.07, 6.45) is 3.61. The van der Waals surface area contributed by atoms with Gasteiger partial charge in [0.15, 0.2) is 5.15 Å². The summed E-state index contributed by atoms with van der Waals surface area (Å²) in [5.41, 5.74) is 0.656. The smallest absolute Gasteiger partial charge is 0.309 e. The average Bonchev–Trinajstić information content (AvgIpc) is 2.21. The van der Waals surface area contributed by atoms with Gasteiger partial charge >= 0.3 is 5.97 Å². The molecule has 0 amide bonds. The number of ether oxygens (including phenoxy) is 1. The zero-order valence-electron chi connectivity index (χ0n) is 8.31. The third-order valence-electron chi connectivity index (χ3n) is 1.53. The van der Waals surface area contributed by atoms with E-state index < -0.39 is 0 Å². The molecule has 1 heterocycles. The van der Waals surface area contributed by atoms with Gasteiger partial charge < -0.3 is 4.74 Å². The topological polar surface area (TPSA) is 52.1 Å². The van der Waals surface area contributed by atoms with Crippen molar-refractivity contribution in [1.29, 1.82) is 0 Å².